The number of para-hydroxylation sites is 1. The second kappa shape index (κ2) is 4.42. The second-order valence-corrected chi connectivity index (χ2v) is 4.67. The van der Waals surface area contributed by atoms with E-state index in [0.717, 1.165) is 28.5 Å². The van der Waals surface area contributed by atoms with Gasteiger partial charge in [-0.15, -0.1) is 10.2 Å². The number of hydrogen-bond donors (Lipinski definition) is 0. The van der Waals surface area contributed by atoms with Gasteiger partial charge in [0.15, 0.2) is 11.6 Å². The van der Waals surface area contributed by atoms with Crippen molar-refractivity contribution in [2.24, 2.45) is 4.99 Å². The van der Waals surface area contributed by atoms with Gasteiger partial charge in [0.05, 0.1) is 12.2 Å². The van der Waals surface area contributed by atoms with Crippen LogP contribution in [0.2, 0.25) is 0 Å². The van der Waals surface area contributed by atoms with Crippen LogP contribution in [-0.2, 0) is 6.54 Å². The highest BCUT2D eigenvalue weighted by atomic mass is 15.3. The number of rotatable bonds is 1. The van der Waals surface area contributed by atoms with Crippen molar-refractivity contribution < 1.29 is 0 Å². The molecule has 1 aromatic heterocycles. The lowest BCUT2D eigenvalue weighted by atomic mass is 10.1. The van der Waals surface area contributed by atoms with E-state index < -0.39 is 0 Å². The summed E-state index contributed by atoms with van der Waals surface area (Å²) < 4.78 is 2.09. The number of aliphatic imine (C=N–C) groups is 1. The zero-order valence-corrected chi connectivity index (χ0v) is 10.8. The number of hydrogen-bond acceptors (Lipinski definition) is 3. The van der Waals surface area contributed by atoms with Crippen molar-refractivity contribution in [3.05, 3.63) is 66.0 Å². The predicted molar refractivity (Wildman–Crippen MR) is 78.1 cm³/mol. The molecule has 4 nitrogen and oxygen atoms in total. The molecule has 0 saturated carbocycles. The van der Waals surface area contributed by atoms with Crippen molar-refractivity contribution in [1.29, 1.82) is 0 Å². The van der Waals surface area contributed by atoms with Crippen LogP contribution in [-0.4, -0.2) is 21.0 Å². The molecule has 0 atom stereocenters. The van der Waals surface area contributed by atoms with Crippen LogP contribution >= 0.6 is 0 Å². The molecule has 0 spiro atoms. The monoisotopic (exact) mass is 260 g/mol. The summed E-state index contributed by atoms with van der Waals surface area (Å²) in [5.41, 5.74) is 3.22. The Morgan fingerprint density at radius 1 is 0.850 bits per heavy atom. The third-order valence-corrected chi connectivity index (χ3v) is 3.40. The average molecular weight is 260 g/mol. The van der Waals surface area contributed by atoms with E-state index in [1.54, 1.807) is 0 Å². The maximum Gasteiger partial charge on any atom is 0.168 e. The number of benzene rings is 2. The highest BCUT2D eigenvalue weighted by Gasteiger charge is 2.18. The smallest absolute Gasteiger partial charge is 0.168 e. The summed E-state index contributed by atoms with van der Waals surface area (Å²) in [5, 5.41) is 8.64. The van der Waals surface area contributed by atoms with Crippen LogP contribution in [0.25, 0.3) is 17.1 Å². The van der Waals surface area contributed by atoms with Crippen LogP contribution in [0.1, 0.15) is 11.4 Å². The van der Waals surface area contributed by atoms with Gasteiger partial charge in [0.2, 0.25) is 0 Å². The van der Waals surface area contributed by atoms with Gasteiger partial charge >= 0.3 is 0 Å². The Kier molecular flexibility index (Phi) is 2.45. The third kappa shape index (κ3) is 1.66. The maximum atomic E-state index is 4.41. The van der Waals surface area contributed by atoms with E-state index >= 15 is 0 Å². The molecule has 0 saturated heterocycles. The van der Waals surface area contributed by atoms with Crippen LogP contribution < -0.4 is 0 Å². The summed E-state index contributed by atoms with van der Waals surface area (Å²) in [6.07, 6.45) is 1.90. The van der Waals surface area contributed by atoms with Gasteiger partial charge in [0, 0.05) is 17.3 Å². The Morgan fingerprint density at radius 2 is 1.65 bits per heavy atom. The number of fused-ring (bicyclic) bond motifs is 3. The molecule has 1 aliphatic rings. The maximum absolute atomic E-state index is 4.41. The SMILES string of the molecule is C1=NCc2nnc(-c3ccccc3)n2-c2ccccc21. The van der Waals surface area contributed by atoms with Crippen LogP contribution in [0.3, 0.4) is 0 Å². The van der Waals surface area contributed by atoms with Crippen LogP contribution in [0.4, 0.5) is 0 Å². The van der Waals surface area contributed by atoms with E-state index in [0.29, 0.717) is 6.54 Å². The molecule has 4 heteroatoms. The molecular weight excluding hydrogens is 248 g/mol. The summed E-state index contributed by atoms with van der Waals surface area (Å²) in [6.45, 7) is 0.550. The Morgan fingerprint density at radius 3 is 2.55 bits per heavy atom. The molecule has 4 rings (SSSR count). The van der Waals surface area contributed by atoms with Gasteiger partial charge in [-0.05, 0) is 6.07 Å². The van der Waals surface area contributed by atoms with Gasteiger partial charge in [-0.25, -0.2) is 0 Å². The van der Waals surface area contributed by atoms with Crippen LogP contribution in [0.15, 0.2) is 59.6 Å². The van der Waals surface area contributed by atoms with Crippen molar-refractivity contribution in [1.82, 2.24) is 14.8 Å². The fraction of sp³-hybridized carbons (Fsp3) is 0.0625. The quantitative estimate of drug-likeness (QED) is 0.675. The van der Waals surface area contributed by atoms with Gasteiger partial charge in [-0.2, -0.15) is 0 Å². The van der Waals surface area contributed by atoms with E-state index in [1.807, 2.05) is 48.7 Å². The summed E-state index contributed by atoms with van der Waals surface area (Å²) in [6, 6.07) is 18.3. The average Bonchev–Trinajstić information content (AvgIpc) is 2.84. The van der Waals surface area contributed by atoms with Gasteiger partial charge in [0.25, 0.3) is 0 Å². The minimum absolute atomic E-state index is 0.550. The first-order chi connectivity index (χ1) is 9.93. The van der Waals surface area contributed by atoms with Gasteiger partial charge in [-0.3, -0.25) is 9.56 Å². The van der Waals surface area contributed by atoms with Crippen molar-refractivity contribution in [3.63, 3.8) is 0 Å². The first kappa shape index (κ1) is 11.1. The predicted octanol–water partition coefficient (Wildman–Crippen LogP) is 2.87. The number of nitrogens with zero attached hydrogens (tertiary/aromatic N) is 4. The Hall–Kier alpha value is -2.75. The molecule has 0 bridgehead atoms. The van der Waals surface area contributed by atoms with Crippen molar-refractivity contribution in [2.45, 2.75) is 6.54 Å². The fourth-order valence-corrected chi connectivity index (χ4v) is 2.47. The molecule has 0 fully saturated rings. The van der Waals surface area contributed by atoms with Crippen LogP contribution in [0, 0.1) is 0 Å². The summed E-state index contributed by atoms with van der Waals surface area (Å²) in [5.74, 6) is 1.73. The lowest BCUT2D eigenvalue weighted by Gasteiger charge is -2.10. The Bertz CT molecular complexity index is 787. The zero-order chi connectivity index (χ0) is 13.4. The lowest BCUT2D eigenvalue weighted by Crippen LogP contribution is -2.03. The molecule has 0 amide bonds. The number of aromatic nitrogens is 3. The van der Waals surface area contributed by atoms with Crippen molar-refractivity contribution in [3.8, 4) is 17.1 Å². The molecule has 0 unspecified atom stereocenters. The molecule has 20 heavy (non-hydrogen) atoms. The summed E-state index contributed by atoms with van der Waals surface area (Å²) >= 11 is 0. The van der Waals surface area contributed by atoms with E-state index in [2.05, 4.69) is 31.9 Å². The molecule has 0 N–H and O–H groups in total. The first-order valence-electron chi connectivity index (χ1n) is 6.52. The minimum Gasteiger partial charge on any atom is -0.284 e. The normalized spacial score (nSPS) is 12.6. The fourth-order valence-electron chi connectivity index (χ4n) is 2.47. The molecular formula is C16H12N4. The largest absolute Gasteiger partial charge is 0.284 e. The van der Waals surface area contributed by atoms with Gasteiger partial charge in [0.1, 0.15) is 0 Å². The highest BCUT2D eigenvalue weighted by Crippen LogP contribution is 2.26. The first-order valence-corrected chi connectivity index (χ1v) is 6.52. The molecule has 2 heterocycles. The molecule has 96 valence electrons. The van der Waals surface area contributed by atoms with E-state index in [4.69, 9.17) is 0 Å². The molecule has 0 aliphatic carbocycles. The summed E-state index contributed by atoms with van der Waals surface area (Å²) in [7, 11) is 0. The molecule has 1 aliphatic heterocycles. The van der Waals surface area contributed by atoms with Crippen LogP contribution in [0.5, 0.6) is 0 Å². The lowest BCUT2D eigenvalue weighted by molar-refractivity contribution is 0.873. The zero-order valence-electron chi connectivity index (χ0n) is 10.8. The van der Waals surface area contributed by atoms with E-state index in [1.165, 1.54) is 0 Å². The topological polar surface area (TPSA) is 43.1 Å². The molecule has 2 aromatic carbocycles. The minimum atomic E-state index is 0.550. The Balaban J connectivity index is 2.00. The summed E-state index contributed by atoms with van der Waals surface area (Å²) in [4.78, 5) is 4.41. The van der Waals surface area contributed by atoms with Crippen molar-refractivity contribution >= 4 is 6.21 Å². The standard InChI is InChI=1S/C16H12N4/c1-2-6-12(7-3-1)16-19-18-15-11-17-10-13-8-4-5-9-14(13)20(15)16/h1-10H,11H2. The van der Waals surface area contributed by atoms with E-state index in [9.17, 15) is 0 Å². The molecule has 0 radical (unpaired) electrons. The third-order valence-electron chi connectivity index (χ3n) is 3.40. The van der Waals surface area contributed by atoms with E-state index in [-0.39, 0.29) is 0 Å². The highest BCUT2D eigenvalue weighted by molar-refractivity contribution is 5.86. The van der Waals surface area contributed by atoms with Crippen molar-refractivity contribution in [2.75, 3.05) is 0 Å². The Labute approximate surface area is 116 Å². The second-order valence-electron chi connectivity index (χ2n) is 4.67. The van der Waals surface area contributed by atoms with Gasteiger partial charge < -0.3 is 0 Å². The van der Waals surface area contributed by atoms with Gasteiger partial charge in [-0.1, -0.05) is 48.5 Å². The molecule has 3 aromatic rings.